The minimum atomic E-state index is -0.795. The first kappa shape index (κ1) is 73.0. The SMILES string of the molecule is CC/C=C\C/C=C\C/C=C\C/C=C\C/C=C\C/C=C\C/C=C\C/C=C\C/C=C\CCCCCCCCCCCCCC(=O)OC(CO)COC(=O)CCCCCCCC/C=C\C/C=C\C/C=C\C/C=C\C/C=C\C/C=C\CC. The molecule has 0 aromatic heterocycles. The van der Waals surface area contributed by atoms with Gasteiger partial charge < -0.3 is 14.6 Å². The third-order valence-electron chi connectivity index (χ3n) is 12.7. The third kappa shape index (κ3) is 63.5. The van der Waals surface area contributed by atoms with E-state index in [1.54, 1.807) is 0 Å². The Morgan fingerprint density at radius 2 is 0.513 bits per heavy atom. The van der Waals surface area contributed by atoms with Crippen molar-refractivity contribution in [3.63, 3.8) is 0 Å². The second kappa shape index (κ2) is 66.3. The van der Waals surface area contributed by atoms with Gasteiger partial charge in [-0.2, -0.15) is 0 Å². The summed E-state index contributed by atoms with van der Waals surface area (Å²) in [7, 11) is 0. The molecule has 0 bridgehead atoms. The van der Waals surface area contributed by atoms with Crippen molar-refractivity contribution >= 4 is 11.9 Å². The molecule has 436 valence electrons. The molecule has 5 heteroatoms. The van der Waals surface area contributed by atoms with Gasteiger partial charge in [0.05, 0.1) is 6.61 Å². The summed E-state index contributed by atoms with van der Waals surface area (Å²) >= 11 is 0. The Balaban J connectivity index is 3.60. The first-order chi connectivity index (χ1) is 38.6. The van der Waals surface area contributed by atoms with Crippen LogP contribution in [-0.2, 0) is 19.1 Å². The van der Waals surface area contributed by atoms with Crippen LogP contribution in [0.4, 0.5) is 0 Å². The molecular formula is C73H114O5. The lowest BCUT2D eigenvalue weighted by atomic mass is 10.0. The maximum absolute atomic E-state index is 12.3. The van der Waals surface area contributed by atoms with Crippen LogP contribution in [0.3, 0.4) is 0 Å². The Labute approximate surface area is 480 Å². The molecule has 0 fully saturated rings. The van der Waals surface area contributed by atoms with E-state index >= 15 is 0 Å². The van der Waals surface area contributed by atoms with Gasteiger partial charge in [-0.3, -0.25) is 9.59 Å². The highest BCUT2D eigenvalue weighted by Gasteiger charge is 2.16. The highest BCUT2D eigenvalue weighted by Crippen LogP contribution is 2.14. The van der Waals surface area contributed by atoms with E-state index in [9.17, 15) is 14.7 Å². The fourth-order valence-corrected chi connectivity index (χ4v) is 8.08. The second-order valence-electron chi connectivity index (χ2n) is 20.0. The monoisotopic (exact) mass is 1070 g/mol. The van der Waals surface area contributed by atoms with Crippen LogP contribution in [0.25, 0.3) is 0 Å². The molecule has 78 heavy (non-hydrogen) atoms. The fraction of sp³-hybridized carbons (Fsp3) is 0.562. The van der Waals surface area contributed by atoms with E-state index in [1.807, 2.05) is 0 Å². The summed E-state index contributed by atoms with van der Waals surface area (Å²) in [5.74, 6) is -0.622. The van der Waals surface area contributed by atoms with E-state index in [0.29, 0.717) is 12.8 Å². The van der Waals surface area contributed by atoms with E-state index in [4.69, 9.17) is 9.47 Å². The largest absolute Gasteiger partial charge is 0.462 e. The zero-order valence-corrected chi connectivity index (χ0v) is 49.8. The molecule has 1 N–H and O–H groups in total. The highest BCUT2D eigenvalue weighted by atomic mass is 16.6. The van der Waals surface area contributed by atoms with Gasteiger partial charge in [0.25, 0.3) is 0 Å². The van der Waals surface area contributed by atoms with Gasteiger partial charge in [-0.25, -0.2) is 0 Å². The van der Waals surface area contributed by atoms with Crippen molar-refractivity contribution < 1.29 is 24.2 Å². The Morgan fingerprint density at radius 1 is 0.295 bits per heavy atom. The zero-order chi connectivity index (χ0) is 56.2. The average Bonchev–Trinajstić information content (AvgIpc) is 3.44. The van der Waals surface area contributed by atoms with Crippen molar-refractivity contribution in [3.8, 4) is 0 Å². The molecule has 0 aromatic rings. The number of esters is 2. The summed E-state index contributed by atoms with van der Waals surface area (Å²) in [6.07, 6.45) is 104. The molecule has 1 unspecified atom stereocenters. The molecule has 0 radical (unpaired) electrons. The van der Waals surface area contributed by atoms with Gasteiger partial charge in [0.1, 0.15) is 6.61 Å². The van der Waals surface area contributed by atoms with Crippen LogP contribution in [0.1, 0.15) is 245 Å². The molecule has 0 amide bonds. The molecule has 0 saturated carbocycles. The smallest absolute Gasteiger partial charge is 0.306 e. The zero-order valence-electron chi connectivity index (χ0n) is 49.8. The van der Waals surface area contributed by atoms with E-state index < -0.39 is 6.10 Å². The number of rotatable bonds is 55. The van der Waals surface area contributed by atoms with E-state index in [0.717, 1.165) is 141 Å². The van der Waals surface area contributed by atoms with Gasteiger partial charge in [0.2, 0.25) is 0 Å². The minimum Gasteiger partial charge on any atom is -0.462 e. The van der Waals surface area contributed by atoms with Gasteiger partial charge >= 0.3 is 11.9 Å². The fourth-order valence-electron chi connectivity index (χ4n) is 8.08. The molecule has 0 saturated heterocycles. The number of unbranched alkanes of at least 4 members (excludes halogenated alkanes) is 17. The van der Waals surface area contributed by atoms with Crippen LogP contribution in [0, 0.1) is 0 Å². The molecule has 0 aliphatic carbocycles. The first-order valence-electron chi connectivity index (χ1n) is 31.3. The van der Waals surface area contributed by atoms with Gasteiger partial charge in [0.15, 0.2) is 6.10 Å². The molecule has 0 aliphatic heterocycles. The lowest BCUT2D eigenvalue weighted by molar-refractivity contribution is -0.161. The molecular weight excluding hydrogens is 957 g/mol. The molecule has 1 atom stereocenters. The number of aliphatic hydroxyl groups excluding tert-OH is 1. The Kier molecular flexibility index (Phi) is 62.0. The van der Waals surface area contributed by atoms with Crippen LogP contribution < -0.4 is 0 Å². The van der Waals surface area contributed by atoms with Crippen molar-refractivity contribution in [1.82, 2.24) is 0 Å². The van der Waals surface area contributed by atoms with Crippen LogP contribution in [0.5, 0.6) is 0 Å². The molecule has 5 nitrogen and oxygen atoms in total. The van der Waals surface area contributed by atoms with Gasteiger partial charge in [-0.1, -0.05) is 280 Å². The average molecular weight is 1070 g/mol. The number of allylic oxidation sites excluding steroid dienone is 30. The maximum atomic E-state index is 12.3. The topological polar surface area (TPSA) is 72.8 Å². The maximum Gasteiger partial charge on any atom is 0.306 e. The quantitative estimate of drug-likeness (QED) is 0.0373. The van der Waals surface area contributed by atoms with E-state index in [-0.39, 0.29) is 25.2 Å². The number of hydrogen-bond donors (Lipinski definition) is 1. The van der Waals surface area contributed by atoms with Gasteiger partial charge in [-0.05, 0) is 135 Å². The van der Waals surface area contributed by atoms with Crippen molar-refractivity contribution in [3.05, 3.63) is 182 Å². The van der Waals surface area contributed by atoms with Crippen molar-refractivity contribution in [1.29, 1.82) is 0 Å². The number of hydrogen-bond acceptors (Lipinski definition) is 5. The summed E-state index contributed by atoms with van der Waals surface area (Å²) in [6, 6.07) is 0. The van der Waals surface area contributed by atoms with Crippen molar-refractivity contribution in [2.24, 2.45) is 0 Å². The third-order valence-corrected chi connectivity index (χ3v) is 12.7. The number of carbonyl (C=O) groups excluding carboxylic acids is 2. The predicted molar refractivity (Wildman–Crippen MR) is 343 cm³/mol. The van der Waals surface area contributed by atoms with Gasteiger partial charge in [0, 0.05) is 12.8 Å². The first-order valence-corrected chi connectivity index (χ1v) is 31.3. The summed E-state index contributed by atoms with van der Waals surface area (Å²) < 4.78 is 10.7. The summed E-state index contributed by atoms with van der Waals surface area (Å²) in [4.78, 5) is 24.6. The van der Waals surface area contributed by atoms with E-state index in [1.165, 1.54) is 77.0 Å². The van der Waals surface area contributed by atoms with Gasteiger partial charge in [-0.15, -0.1) is 0 Å². The number of aliphatic hydroxyl groups is 1. The normalized spacial score (nSPS) is 13.5. The summed E-state index contributed by atoms with van der Waals surface area (Å²) in [5.41, 5.74) is 0. The minimum absolute atomic E-state index is 0.0860. The summed E-state index contributed by atoms with van der Waals surface area (Å²) in [5, 5.41) is 9.68. The Morgan fingerprint density at radius 3 is 0.769 bits per heavy atom. The highest BCUT2D eigenvalue weighted by molar-refractivity contribution is 5.70. The lowest BCUT2D eigenvalue weighted by Gasteiger charge is -2.15. The van der Waals surface area contributed by atoms with Crippen LogP contribution >= 0.6 is 0 Å². The lowest BCUT2D eigenvalue weighted by Crippen LogP contribution is -2.28. The molecule has 0 aliphatic rings. The van der Waals surface area contributed by atoms with Crippen molar-refractivity contribution in [2.75, 3.05) is 13.2 Å². The number of carbonyl (C=O) groups is 2. The molecule has 0 aromatic carbocycles. The molecule has 0 rings (SSSR count). The molecule has 0 spiro atoms. The van der Waals surface area contributed by atoms with Crippen LogP contribution in [-0.4, -0.2) is 36.4 Å². The Hall–Kier alpha value is -5.00. The summed E-state index contributed by atoms with van der Waals surface area (Å²) in [6.45, 7) is 3.89. The predicted octanol–water partition coefficient (Wildman–Crippen LogP) is 21.9. The number of ether oxygens (including phenoxy) is 2. The van der Waals surface area contributed by atoms with Crippen LogP contribution in [0.2, 0.25) is 0 Å². The molecule has 0 heterocycles. The Bertz CT molecular complexity index is 1780. The second-order valence-corrected chi connectivity index (χ2v) is 20.0. The van der Waals surface area contributed by atoms with Crippen LogP contribution in [0.15, 0.2) is 182 Å². The standard InChI is InChI=1S/C73H114O5/c1-3-5-7-9-11-13-15-17-19-21-23-25-27-29-30-31-32-33-34-35-36-37-38-39-40-41-42-44-46-48-50-52-54-56-58-60-62-64-66-68-73(76)78-71(69-74)70-77-72(75)67-65-63-61-59-57-55-53-51-49-47-45-43-28-26-24-22-20-18-16-14-12-10-8-6-4-2/h5-8,11-14,17-20,23-26,29-30,32-33,35-36,38-39,41-43,45,49,51,71,74H,3-4,9-10,15-16,21-22,27-28,31,34,37,40,44,46-48,50,52-70H2,1-2H3/b7-5-,8-6-,13-11-,14-12-,19-17-,20-18-,25-23-,26-24-,30-29-,33-32-,36-35-,39-38-,42-41-,45-43-,51-49-. The van der Waals surface area contributed by atoms with E-state index in [2.05, 4.69) is 196 Å². The van der Waals surface area contributed by atoms with Crippen molar-refractivity contribution in [2.45, 2.75) is 251 Å².